The first kappa shape index (κ1) is 12.7. The van der Waals surface area contributed by atoms with Crippen LogP contribution in [0.5, 0.6) is 0 Å². The van der Waals surface area contributed by atoms with Gasteiger partial charge in [0, 0.05) is 6.54 Å². The Morgan fingerprint density at radius 2 is 2.06 bits per heavy atom. The molecule has 0 saturated carbocycles. The van der Waals surface area contributed by atoms with Crippen molar-refractivity contribution in [2.75, 3.05) is 20.1 Å². The van der Waals surface area contributed by atoms with E-state index in [1.165, 1.54) is 0 Å². The Balaban J connectivity index is 2.44. The van der Waals surface area contributed by atoms with Gasteiger partial charge in [0.1, 0.15) is 0 Å². The van der Waals surface area contributed by atoms with Gasteiger partial charge in [-0.3, -0.25) is 0 Å². The number of benzene rings is 1. The first-order valence-electron chi connectivity index (χ1n) is 5.42. The molecule has 1 aromatic rings. The Kier molecular flexibility index (Phi) is 5.53. The van der Waals surface area contributed by atoms with E-state index >= 15 is 0 Å². The second-order valence-electron chi connectivity index (χ2n) is 3.60. The van der Waals surface area contributed by atoms with E-state index in [0.717, 1.165) is 25.1 Å². The maximum atomic E-state index is 10.9. The first-order chi connectivity index (χ1) is 7.75. The molecule has 3 N–H and O–H groups in total. The van der Waals surface area contributed by atoms with Crippen LogP contribution in [0.3, 0.4) is 0 Å². The van der Waals surface area contributed by atoms with Crippen molar-refractivity contribution in [2.45, 2.75) is 13.0 Å². The Morgan fingerprint density at radius 3 is 2.75 bits per heavy atom. The first-order valence-corrected chi connectivity index (χ1v) is 5.42. The summed E-state index contributed by atoms with van der Waals surface area (Å²) in [5, 5.41) is 15.3. The SMILES string of the molecule is CNCCCNCc1ccccc1C(=O)O. The van der Waals surface area contributed by atoms with Gasteiger partial charge in [-0.2, -0.15) is 0 Å². The van der Waals surface area contributed by atoms with E-state index in [0.29, 0.717) is 12.1 Å². The molecule has 4 nitrogen and oxygen atoms in total. The normalized spacial score (nSPS) is 10.3. The zero-order chi connectivity index (χ0) is 11.8. The molecule has 0 amide bonds. The molecular weight excluding hydrogens is 204 g/mol. The van der Waals surface area contributed by atoms with E-state index in [-0.39, 0.29) is 0 Å². The molecule has 0 aromatic heterocycles. The molecule has 0 aliphatic carbocycles. The van der Waals surface area contributed by atoms with Gasteiger partial charge in [-0.1, -0.05) is 18.2 Å². The van der Waals surface area contributed by atoms with Crippen molar-refractivity contribution in [2.24, 2.45) is 0 Å². The van der Waals surface area contributed by atoms with Crippen LogP contribution in [-0.2, 0) is 6.54 Å². The summed E-state index contributed by atoms with van der Waals surface area (Å²) in [6.07, 6.45) is 1.03. The molecule has 0 aliphatic heterocycles. The molecule has 0 spiro atoms. The molecule has 88 valence electrons. The largest absolute Gasteiger partial charge is 0.478 e. The summed E-state index contributed by atoms with van der Waals surface area (Å²) in [5.74, 6) is -0.868. The molecule has 0 atom stereocenters. The van der Waals surface area contributed by atoms with Crippen molar-refractivity contribution in [1.82, 2.24) is 10.6 Å². The maximum absolute atomic E-state index is 10.9. The lowest BCUT2D eigenvalue weighted by atomic mass is 10.1. The Labute approximate surface area is 95.7 Å². The van der Waals surface area contributed by atoms with E-state index in [9.17, 15) is 4.79 Å². The van der Waals surface area contributed by atoms with Crippen molar-refractivity contribution in [3.05, 3.63) is 35.4 Å². The zero-order valence-electron chi connectivity index (χ0n) is 9.49. The number of carbonyl (C=O) groups is 1. The fourth-order valence-electron chi connectivity index (χ4n) is 1.50. The van der Waals surface area contributed by atoms with Crippen LogP contribution < -0.4 is 10.6 Å². The van der Waals surface area contributed by atoms with Crippen LogP contribution in [0.1, 0.15) is 22.3 Å². The van der Waals surface area contributed by atoms with Crippen LogP contribution in [0, 0.1) is 0 Å². The van der Waals surface area contributed by atoms with Crippen LogP contribution in [-0.4, -0.2) is 31.2 Å². The Bertz CT molecular complexity index is 340. The van der Waals surface area contributed by atoms with Gasteiger partial charge in [0.15, 0.2) is 0 Å². The number of hydrogen-bond acceptors (Lipinski definition) is 3. The molecule has 1 aromatic carbocycles. The van der Waals surface area contributed by atoms with Gasteiger partial charge < -0.3 is 15.7 Å². The van der Waals surface area contributed by atoms with E-state index < -0.39 is 5.97 Å². The molecule has 0 bridgehead atoms. The summed E-state index contributed by atoms with van der Waals surface area (Å²) in [6.45, 7) is 2.45. The summed E-state index contributed by atoms with van der Waals surface area (Å²) < 4.78 is 0. The quantitative estimate of drug-likeness (QED) is 0.604. The fraction of sp³-hybridized carbons (Fsp3) is 0.417. The summed E-state index contributed by atoms with van der Waals surface area (Å²) in [4.78, 5) is 10.9. The average molecular weight is 222 g/mol. The Hall–Kier alpha value is -1.39. The molecule has 0 fully saturated rings. The molecular formula is C12H18N2O2. The van der Waals surface area contributed by atoms with Crippen molar-refractivity contribution in [3.8, 4) is 0 Å². The van der Waals surface area contributed by atoms with Gasteiger partial charge in [0.2, 0.25) is 0 Å². The lowest BCUT2D eigenvalue weighted by Gasteiger charge is -2.07. The summed E-state index contributed by atoms with van der Waals surface area (Å²) in [7, 11) is 1.92. The van der Waals surface area contributed by atoms with Crippen molar-refractivity contribution >= 4 is 5.97 Å². The number of carboxylic acid groups (broad SMARTS) is 1. The summed E-state index contributed by atoms with van der Waals surface area (Å²) in [6, 6.07) is 7.08. The molecule has 0 saturated heterocycles. The van der Waals surface area contributed by atoms with Crippen molar-refractivity contribution in [1.29, 1.82) is 0 Å². The van der Waals surface area contributed by atoms with Gasteiger partial charge in [-0.05, 0) is 38.2 Å². The molecule has 0 heterocycles. The number of hydrogen-bond donors (Lipinski definition) is 3. The second kappa shape index (κ2) is 6.98. The molecule has 0 unspecified atom stereocenters. The lowest BCUT2D eigenvalue weighted by molar-refractivity contribution is 0.0695. The maximum Gasteiger partial charge on any atom is 0.336 e. The monoisotopic (exact) mass is 222 g/mol. The van der Waals surface area contributed by atoms with Crippen LogP contribution in [0.2, 0.25) is 0 Å². The zero-order valence-corrected chi connectivity index (χ0v) is 9.49. The molecule has 4 heteroatoms. The van der Waals surface area contributed by atoms with Gasteiger partial charge in [-0.15, -0.1) is 0 Å². The van der Waals surface area contributed by atoms with E-state index in [1.807, 2.05) is 19.2 Å². The van der Waals surface area contributed by atoms with E-state index in [1.54, 1.807) is 12.1 Å². The minimum atomic E-state index is -0.868. The van der Waals surface area contributed by atoms with E-state index in [4.69, 9.17) is 5.11 Å². The molecule has 1 rings (SSSR count). The topological polar surface area (TPSA) is 61.4 Å². The predicted octanol–water partition coefficient (Wildman–Crippen LogP) is 1.08. The summed E-state index contributed by atoms with van der Waals surface area (Å²) in [5.41, 5.74) is 1.21. The number of rotatable bonds is 7. The van der Waals surface area contributed by atoms with E-state index in [2.05, 4.69) is 10.6 Å². The highest BCUT2D eigenvalue weighted by Crippen LogP contribution is 2.08. The van der Waals surface area contributed by atoms with Crippen LogP contribution in [0.25, 0.3) is 0 Å². The number of nitrogens with one attached hydrogen (secondary N) is 2. The fourth-order valence-corrected chi connectivity index (χ4v) is 1.50. The average Bonchev–Trinajstić information content (AvgIpc) is 2.29. The smallest absolute Gasteiger partial charge is 0.336 e. The van der Waals surface area contributed by atoms with Crippen LogP contribution in [0.4, 0.5) is 0 Å². The minimum Gasteiger partial charge on any atom is -0.478 e. The molecule has 16 heavy (non-hydrogen) atoms. The minimum absolute atomic E-state index is 0.378. The number of aromatic carboxylic acids is 1. The molecule has 0 aliphatic rings. The van der Waals surface area contributed by atoms with Crippen molar-refractivity contribution in [3.63, 3.8) is 0 Å². The molecule has 0 radical (unpaired) electrons. The Morgan fingerprint density at radius 1 is 1.31 bits per heavy atom. The highest BCUT2D eigenvalue weighted by atomic mass is 16.4. The van der Waals surface area contributed by atoms with Gasteiger partial charge in [0.05, 0.1) is 5.56 Å². The summed E-state index contributed by atoms with van der Waals surface area (Å²) >= 11 is 0. The van der Waals surface area contributed by atoms with Crippen LogP contribution >= 0.6 is 0 Å². The predicted molar refractivity (Wildman–Crippen MR) is 63.7 cm³/mol. The second-order valence-corrected chi connectivity index (χ2v) is 3.60. The number of carboxylic acids is 1. The van der Waals surface area contributed by atoms with Crippen molar-refractivity contribution < 1.29 is 9.90 Å². The van der Waals surface area contributed by atoms with Gasteiger partial charge >= 0.3 is 5.97 Å². The highest BCUT2D eigenvalue weighted by Gasteiger charge is 2.07. The third-order valence-electron chi connectivity index (χ3n) is 2.34. The van der Waals surface area contributed by atoms with Gasteiger partial charge in [-0.25, -0.2) is 4.79 Å². The standard InChI is InChI=1S/C12H18N2O2/c1-13-7-4-8-14-9-10-5-2-3-6-11(10)12(15)16/h2-3,5-6,13-14H,4,7-9H2,1H3,(H,15,16). The third kappa shape index (κ3) is 4.00. The third-order valence-corrected chi connectivity index (χ3v) is 2.34. The van der Waals surface area contributed by atoms with Gasteiger partial charge in [0.25, 0.3) is 0 Å². The highest BCUT2D eigenvalue weighted by molar-refractivity contribution is 5.89. The lowest BCUT2D eigenvalue weighted by Crippen LogP contribution is -2.20. The van der Waals surface area contributed by atoms with Crippen LogP contribution in [0.15, 0.2) is 24.3 Å².